The van der Waals surface area contributed by atoms with E-state index in [-0.39, 0.29) is 5.78 Å². The molecule has 0 spiro atoms. The number of rotatable bonds is 14. The van der Waals surface area contributed by atoms with Gasteiger partial charge < -0.3 is 9.47 Å². The van der Waals surface area contributed by atoms with E-state index in [1.165, 1.54) is 22.3 Å². The van der Waals surface area contributed by atoms with Crippen molar-refractivity contribution >= 4 is 16.6 Å². The number of fused-ring (bicyclic) bond motifs is 1. The van der Waals surface area contributed by atoms with Gasteiger partial charge in [0.1, 0.15) is 0 Å². The molecule has 3 nitrogen and oxygen atoms in total. The molecule has 0 aliphatic heterocycles. The Bertz CT molecular complexity index is 1360. The Balaban J connectivity index is 1.43. The highest BCUT2D eigenvalue weighted by Crippen LogP contribution is 2.26. The van der Waals surface area contributed by atoms with Crippen molar-refractivity contribution in [2.75, 3.05) is 13.2 Å². The van der Waals surface area contributed by atoms with E-state index in [1.54, 1.807) is 0 Å². The smallest absolute Gasteiger partial charge is 0.222 e. The Kier molecular flexibility index (Phi) is 10.9. The zero-order valence-electron chi connectivity index (χ0n) is 25.6. The molecule has 2 unspecified atom stereocenters. The third-order valence-electron chi connectivity index (χ3n) is 8.18. The molecule has 0 saturated carbocycles. The van der Waals surface area contributed by atoms with Crippen LogP contribution in [0, 0.1) is 0 Å². The lowest BCUT2D eigenvalue weighted by Crippen LogP contribution is -2.29. The van der Waals surface area contributed by atoms with Gasteiger partial charge in [-0.05, 0) is 75.6 Å². The molecule has 3 heteroatoms. The first-order valence-electron chi connectivity index (χ1n) is 15.2. The maximum absolute atomic E-state index is 13.7. The average molecular weight is 551 g/mol. The summed E-state index contributed by atoms with van der Waals surface area (Å²) in [7, 11) is 0. The lowest BCUT2D eigenvalue weighted by Gasteiger charge is -2.21. The van der Waals surface area contributed by atoms with Crippen LogP contribution in [0.4, 0.5) is 0 Å². The predicted molar refractivity (Wildman–Crippen MR) is 171 cm³/mol. The second kappa shape index (κ2) is 14.6. The standard InChI is InChI=1S/C38H46O3/c1-26(2)31-13-9-15-33(23-31)28(5)19-21-40-38(37(39)36-18-17-30-11-7-8-12-35(30)25-36)41-22-20-29(6)34-16-10-14-32(24-34)27(3)4/h7-18,23-29,38H,19-22H2,1-6H3. The lowest BCUT2D eigenvalue weighted by molar-refractivity contribution is -0.116. The van der Waals surface area contributed by atoms with Crippen LogP contribution in [0.15, 0.2) is 91.0 Å². The molecular formula is C38H46O3. The number of Topliss-reactive ketones (excluding diaryl/α,β-unsaturated/α-hetero) is 1. The van der Waals surface area contributed by atoms with Crippen molar-refractivity contribution in [2.24, 2.45) is 0 Å². The van der Waals surface area contributed by atoms with Crippen LogP contribution >= 0.6 is 0 Å². The van der Waals surface area contributed by atoms with E-state index in [2.05, 4.69) is 96.1 Å². The average Bonchev–Trinajstić information content (AvgIpc) is 2.99. The molecule has 41 heavy (non-hydrogen) atoms. The summed E-state index contributed by atoms with van der Waals surface area (Å²) in [5.41, 5.74) is 5.90. The quantitative estimate of drug-likeness (QED) is 0.116. The van der Waals surface area contributed by atoms with Crippen molar-refractivity contribution in [3.05, 3.63) is 119 Å². The summed E-state index contributed by atoms with van der Waals surface area (Å²) < 4.78 is 12.4. The monoisotopic (exact) mass is 550 g/mol. The summed E-state index contributed by atoms with van der Waals surface area (Å²) in [6.45, 7) is 14.2. The maximum Gasteiger partial charge on any atom is 0.222 e. The Morgan fingerprint density at radius 3 is 1.56 bits per heavy atom. The van der Waals surface area contributed by atoms with E-state index in [9.17, 15) is 4.79 Å². The van der Waals surface area contributed by atoms with Gasteiger partial charge in [-0.3, -0.25) is 4.79 Å². The molecule has 0 fully saturated rings. The van der Waals surface area contributed by atoms with Crippen LogP contribution in [0.2, 0.25) is 0 Å². The predicted octanol–water partition coefficient (Wildman–Crippen LogP) is 10.0. The Morgan fingerprint density at radius 2 is 1.05 bits per heavy atom. The molecule has 0 aliphatic rings. The highest BCUT2D eigenvalue weighted by Gasteiger charge is 2.23. The van der Waals surface area contributed by atoms with Gasteiger partial charge in [-0.25, -0.2) is 0 Å². The Morgan fingerprint density at radius 1 is 0.561 bits per heavy atom. The molecule has 0 aliphatic carbocycles. The molecule has 0 amide bonds. The van der Waals surface area contributed by atoms with Crippen molar-refractivity contribution < 1.29 is 14.3 Å². The van der Waals surface area contributed by atoms with Gasteiger partial charge in [-0.2, -0.15) is 0 Å². The first kappa shape index (κ1) is 30.7. The van der Waals surface area contributed by atoms with Crippen molar-refractivity contribution in [2.45, 2.75) is 84.3 Å². The van der Waals surface area contributed by atoms with Crippen LogP contribution in [0.25, 0.3) is 10.8 Å². The van der Waals surface area contributed by atoms with Gasteiger partial charge in [0.25, 0.3) is 0 Å². The van der Waals surface area contributed by atoms with Crippen molar-refractivity contribution in [1.29, 1.82) is 0 Å². The van der Waals surface area contributed by atoms with Gasteiger partial charge in [0.15, 0.2) is 0 Å². The van der Waals surface area contributed by atoms with E-state index >= 15 is 0 Å². The first-order chi connectivity index (χ1) is 19.7. The van der Waals surface area contributed by atoms with Crippen LogP contribution in [-0.2, 0) is 9.47 Å². The summed E-state index contributed by atoms with van der Waals surface area (Å²) in [5.74, 6) is 1.49. The zero-order valence-corrected chi connectivity index (χ0v) is 25.6. The number of ether oxygens (including phenoxy) is 2. The second-order valence-electron chi connectivity index (χ2n) is 12.0. The number of hydrogen-bond donors (Lipinski definition) is 0. The summed E-state index contributed by atoms with van der Waals surface area (Å²) >= 11 is 0. The minimum absolute atomic E-state index is 0.125. The topological polar surface area (TPSA) is 35.5 Å². The molecule has 0 N–H and O–H groups in total. The van der Waals surface area contributed by atoms with Crippen LogP contribution < -0.4 is 0 Å². The third-order valence-corrected chi connectivity index (χ3v) is 8.18. The van der Waals surface area contributed by atoms with Gasteiger partial charge in [0.2, 0.25) is 12.1 Å². The van der Waals surface area contributed by atoms with Crippen molar-refractivity contribution in [3.63, 3.8) is 0 Å². The maximum atomic E-state index is 13.7. The SMILES string of the molecule is CC(C)c1cccc(C(C)CCOC(OCCC(C)c2cccc(C(C)C)c2)C(=O)c2ccc3ccccc3c2)c1. The number of ketones is 1. The van der Waals surface area contributed by atoms with Crippen molar-refractivity contribution in [1.82, 2.24) is 0 Å². The normalized spacial score (nSPS) is 14.0. The summed E-state index contributed by atoms with van der Waals surface area (Å²) in [5, 5.41) is 2.15. The minimum Gasteiger partial charge on any atom is -0.346 e. The van der Waals surface area contributed by atoms with Gasteiger partial charge >= 0.3 is 0 Å². The van der Waals surface area contributed by atoms with Crippen LogP contribution in [0.1, 0.15) is 111 Å². The molecule has 4 aromatic rings. The van der Waals surface area contributed by atoms with Crippen LogP contribution in [0.3, 0.4) is 0 Å². The second-order valence-corrected chi connectivity index (χ2v) is 12.0. The number of hydrogen-bond acceptors (Lipinski definition) is 3. The van der Waals surface area contributed by atoms with Crippen LogP contribution in [0.5, 0.6) is 0 Å². The van der Waals surface area contributed by atoms with Gasteiger partial charge in [0.05, 0.1) is 13.2 Å². The summed E-state index contributed by atoms with van der Waals surface area (Å²) in [6.07, 6.45) is 0.690. The number of carbonyl (C=O) groups is 1. The molecule has 0 aromatic heterocycles. The number of benzene rings is 4. The Labute approximate surface area is 246 Å². The van der Waals surface area contributed by atoms with Gasteiger partial charge in [-0.1, -0.05) is 126 Å². The molecule has 0 bridgehead atoms. The largest absolute Gasteiger partial charge is 0.346 e. The Hall–Kier alpha value is -3.27. The molecule has 0 radical (unpaired) electrons. The minimum atomic E-state index is -0.931. The van der Waals surface area contributed by atoms with E-state index in [1.807, 2.05) is 36.4 Å². The first-order valence-corrected chi connectivity index (χ1v) is 15.2. The summed E-state index contributed by atoms with van der Waals surface area (Å²) in [6, 6.07) is 31.5. The van der Waals surface area contributed by atoms with E-state index in [0.29, 0.717) is 42.4 Å². The van der Waals surface area contributed by atoms with Gasteiger partial charge in [-0.15, -0.1) is 0 Å². The van der Waals surface area contributed by atoms with E-state index < -0.39 is 6.29 Å². The zero-order chi connectivity index (χ0) is 29.4. The van der Waals surface area contributed by atoms with Crippen LogP contribution in [-0.4, -0.2) is 25.3 Å². The third kappa shape index (κ3) is 8.38. The molecule has 4 aromatic carbocycles. The fourth-order valence-corrected chi connectivity index (χ4v) is 5.16. The number of carbonyl (C=O) groups excluding carboxylic acids is 1. The highest BCUT2D eigenvalue weighted by atomic mass is 16.7. The fourth-order valence-electron chi connectivity index (χ4n) is 5.16. The molecular weight excluding hydrogens is 504 g/mol. The van der Waals surface area contributed by atoms with Gasteiger partial charge in [0, 0.05) is 5.56 Å². The van der Waals surface area contributed by atoms with E-state index in [4.69, 9.17) is 9.47 Å². The fraction of sp³-hybridized carbons (Fsp3) is 0.395. The molecule has 0 saturated heterocycles. The lowest BCUT2D eigenvalue weighted by atomic mass is 9.93. The molecule has 0 heterocycles. The molecule has 216 valence electrons. The summed E-state index contributed by atoms with van der Waals surface area (Å²) in [4.78, 5) is 13.7. The van der Waals surface area contributed by atoms with Crippen molar-refractivity contribution in [3.8, 4) is 0 Å². The highest BCUT2D eigenvalue weighted by molar-refractivity contribution is 6.01. The van der Waals surface area contributed by atoms with E-state index in [0.717, 1.165) is 23.6 Å². The molecule has 4 rings (SSSR count). The molecule has 2 atom stereocenters.